The summed E-state index contributed by atoms with van der Waals surface area (Å²) in [4.78, 5) is 18.6. The van der Waals surface area contributed by atoms with Gasteiger partial charge in [-0.25, -0.2) is 0 Å². The molecule has 1 atom stereocenters. The smallest absolute Gasteiger partial charge is 0.263 e. The van der Waals surface area contributed by atoms with Crippen molar-refractivity contribution in [3.05, 3.63) is 25.6 Å². The van der Waals surface area contributed by atoms with Crippen molar-refractivity contribution in [2.24, 2.45) is 0 Å². The summed E-state index contributed by atoms with van der Waals surface area (Å²) in [5.41, 5.74) is 1.41. The van der Waals surface area contributed by atoms with Gasteiger partial charge >= 0.3 is 0 Å². The average Bonchev–Trinajstić information content (AvgIpc) is 3.10. The van der Waals surface area contributed by atoms with Crippen LogP contribution in [0.4, 0.5) is 0 Å². The summed E-state index contributed by atoms with van der Waals surface area (Å²) < 4.78 is 2.54. The number of H-pyrrole nitrogens is 1. The molecule has 1 aliphatic carbocycles. The summed E-state index contributed by atoms with van der Waals surface area (Å²) in [5, 5.41) is 0.910. The molecule has 3 nitrogen and oxygen atoms in total. The van der Waals surface area contributed by atoms with Crippen LogP contribution in [-0.2, 0) is 19.4 Å². The topological polar surface area (TPSA) is 37.8 Å². The van der Waals surface area contributed by atoms with Gasteiger partial charge < -0.3 is 4.98 Å². The molecule has 2 aliphatic rings. The fraction of sp³-hybridized carbons (Fsp3) is 0.600. The number of rotatable bonds is 2. The first-order valence-electron chi connectivity index (χ1n) is 7.49. The zero-order valence-electron chi connectivity index (χ0n) is 12.0. The molecule has 112 valence electrons. The Morgan fingerprint density at radius 1 is 1.38 bits per heavy atom. The Kier molecular flexibility index (Phi) is 3.32. The van der Waals surface area contributed by atoms with Gasteiger partial charge in [-0.3, -0.25) is 9.36 Å². The molecule has 4 rings (SSSR count). The number of thioether (sulfide) groups is 1. The molecule has 6 heteroatoms. The summed E-state index contributed by atoms with van der Waals surface area (Å²) in [6.07, 6.45) is 5.74. The Labute approximate surface area is 136 Å². The minimum absolute atomic E-state index is 0.127. The molecular formula is C15H18N2OS3. The lowest BCUT2D eigenvalue weighted by Crippen LogP contribution is -2.32. The molecule has 3 heterocycles. The molecule has 21 heavy (non-hydrogen) atoms. The lowest BCUT2D eigenvalue weighted by atomic mass is 10.1. The monoisotopic (exact) mass is 338 g/mol. The predicted octanol–water partition coefficient (Wildman–Crippen LogP) is 3.89. The molecule has 0 amide bonds. The number of hydrogen-bond donors (Lipinski definition) is 1. The molecule has 1 saturated heterocycles. The molecule has 1 unspecified atom stereocenters. The van der Waals surface area contributed by atoms with E-state index in [9.17, 15) is 4.79 Å². The SMILES string of the molecule is CC1(Cn2c(=S)[nH]c3sc4c(c3c2=O)CCC4)CCCS1. The van der Waals surface area contributed by atoms with Crippen molar-refractivity contribution >= 4 is 45.5 Å². The van der Waals surface area contributed by atoms with E-state index >= 15 is 0 Å². The number of aryl methyl sites for hydroxylation is 2. The molecule has 1 N–H and O–H groups in total. The minimum atomic E-state index is 0.127. The van der Waals surface area contributed by atoms with Gasteiger partial charge in [-0.2, -0.15) is 11.8 Å². The van der Waals surface area contributed by atoms with Crippen LogP contribution in [0.5, 0.6) is 0 Å². The van der Waals surface area contributed by atoms with Gasteiger partial charge in [0, 0.05) is 16.2 Å². The van der Waals surface area contributed by atoms with Crippen LogP contribution in [-0.4, -0.2) is 20.1 Å². The summed E-state index contributed by atoms with van der Waals surface area (Å²) in [5.74, 6) is 1.19. The zero-order chi connectivity index (χ0) is 14.6. The van der Waals surface area contributed by atoms with E-state index in [0.29, 0.717) is 4.77 Å². The molecule has 0 radical (unpaired) electrons. The van der Waals surface area contributed by atoms with Crippen LogP contribution in [0.3, 0.4) is 0 Å². The number of hydrogen-bond acceptors (Lipinski definition) is 4. The van der Waals surface area contributed by atoms with Crippen molar-refractivity contribution in [1.29, 1.82) is 0 Å². The highest BCUT2D eigenvalue weighted by Gasteiger charge is 2.31. The van der Waals surface area contributed by atoms with Crippen LogP contribution in [0.25, 0.3) is 10.2 Å². The predicted molar refractivity (Wildman–Crippen MR) is 93.4 cm³/mol. The van der Waals surface area contributed by atoms with E-state index < -0.39 is 0 Å². The third-order valence-electron chi connectivity index (χ3n) is 4.64. The Bertz CT molecular complexity index is 824. The second kappa shape index (κ2) is 4.96. The van der Waals surface area contributed by atoms with Gasteiger partial charge in [-0.05, 0) is 62.6 Å². The fourth-order valence-electron chi connectivity index (χ4n) is 3.55. The van der Waals surface area contributed by atoms with Crippen molar-refractivity contribution in [2.75, 3.05) is 5.75 Å². The van der Waals surface area contributed by atoms with Gasteiger partial charge in [0.1, 0.15) is 4.83 Å². The van der Waals surface area contributed by atoms with E-state index in [1.165, 1.54) is 35.5 Å². The Hall–Kier alpha value is -0.590. The number of nitrogens with one attached hydrogen (secondary N) is 1. The van der Waals surface area contributed by atoms with Crippen molar-refractivity contribution in [3.8, 4) is 0 Å². The standard InChI is InChI=1S/C15H18N2OS3/c1-15(6-3-7-20-15)8-17-13(18)11-9-4-2-5-10(9)21-12(11)16-14(17)19/h2-8H2,1H3,(H,16,19). The average molecular weight is 339 g/mol. The maximum atomic E-state index is 13.0. The van der Waals surface area contributed by atoms with Gasteiger partial charge in [0.2, 0.25) is 0 Å². The molecule has 0 aromatic carbocycles. The van der Waals surface area contributed by atoms with E-state index in [2.05, 4.69) is 11.9 Å². The molecule has 0 spiro atoms. The van der Waals surface area contributed by atoms with Gasteiger partial charge in [0.15, 0.2) is 4.77 Å². The zero-order valence-corrected chi connectivity index (χ0v) is 14.5. The quantitative estimate of drug-likeness (QED) is 0.844. The maximum Gasteiger partial charge on any atom is 0.263 e. The second-order valence-electron chi connectivity index (χ2n) is 6.28. The molecule has 0 saturated carbocycles. The first kappa shape index (κ1) is 14.0. The first-order chi connectivity index (χ1) is 10.1. The van der Waals surface area contributed by atoms with Gasteiger partial charge in [0.05, 0.1) is 5.39 Å². The minimum Gasteiger partial charge on any atom is -0.323 e. The normalized spacial score (nSPS) is 24.8. The second-order valence-corrected chi connectivity index (χ2v) is 9.46. The van der Waals surface area contributed by atoms with Crippen LogP contribution in [0, 0.1) is 4.77 Å². The summed E-state index contributed by atoms with van der Waals surface area (Å²) in [6, 6.07) is 0. The lowest BCUT2D eigenvalue weighted by Gasteiger charge is -2.23. The Morgan fingerprint density at radius 3 is 3.00 bits per heavy atom. The third kappa shape index (κ3) is 2.23. The van der Waals surface area contributed by atoms with Gasteiger partial charge in [-0.1, -0.05) is 0 Å². The van der Waals surface area contributed by atoms with Crippen molar-refractivity contribution < 1.29 is 0 Å². The number of nitrogens with zero attached hydrogens (tertiary/aromatic N) is 1. The van der Waals surface area contributed by atoms with Crippen molar-refractivity contribution in [3.63, 3.8) is 0 Å². The summed E-state index contributed by atoms with van der Waals surface area (Å²) >= 11 is 9.16. The van der Waals surface area contributed by atoms with Crippen LogP contribution in [0.2, 0.25) is 0 Å². The number of thiophene rings is 1. The third-order valence-corrected chi connectivity index (χ3v) is 7.69. The molecule has 2 aromatic rings. The lowest BCUT2D eigenvalue weighted by molar-refractivity contribution is 0.494. The highest BCUT2D eigenvalue weighted by Crippen LogP contribution is 2.39. The molecular weight excluding hydrogens is 320 g/mol. The number of aromatic amines is 1. The van der Waals surface area contributed by atoms with E-state index in [1.807, 2.05) is 11.8 Å². The van der Waals surface area contributed by atoms with Crippen molar-refractivity contribution in [1.82, 2.24) is 9.55 Å². The van der Waals surface area contributed by atoms with E-state index in [0.717, 1.165) is 29.6 Å². The number of aromatic nitrogens is 2. The molecule has 0 bridgehead atoms. The largest absolute Gasteiger partial charge is 0.323 e. The summed E-state index contributed by atoms with van der Waals surface area (Å²) in [7, 11) is 0. The van der Waals surface area contributed by atoms with Crippen LogP contribution in [0.15, 0.2) is 4.79 Å². The molecule has 1 aliphatic heterocycles. The first-order valence-corrected chi connectivity index (χ1v) is 9.70. The van der Waals surface area contributed by atoms with Crippen LogP contribution in [0.1, 0.15) is 36.6 Å². The van der Waals surface area contributed by atoms with Gasteiger partial charge in [0.25, 0.3) is 5.56 Å². The van der Waals surface area contributed by atoms with Crippen LogP contribution < -0.4 is 5.56 Å². The van der Waals surface area contributed by atoms with E-state index in [4.69, 9.17) is 12.2 Å². The van der Waals surface area contributed by atoms with E-state index in [-0.39, 0.29) is 10.3 Å². The van der Waals surface area contributed by atoms with E-state index in [1.54, 1.807) is 15.9 Å². The molecule has 2 aromatic heterocycles. The summed E-state index contributed by atoms with van der Waals surface area (Å²) in [6.45, 7) is 2.99. The number of fused-ring (bicyclic) bond motifs is 3. The Morgan fingerprint density at radius 2 is 2.24 bits per heavy atom. The Balaban J connectivity index is 1.89. The molecule has 1 fully saturated rings. The fourth-order valence-corrected chi connectivity index (χ4v) is 6.44. The maximum absolute atomic E-state index is 13.0. The van der Waals surface area contributed by atoms with Crippen LogP contribution >= 0.6 is 35.3 Å². The highest BCUT2D eigenvalue weighted by atomic mass is 32.2. The van der Waals surface area contributed by atoms with Crippen molar-refractivity contribution in [2.45, 2.75) is 50.3 Å². The highest BCUT2D eigenvalue weighted by molar-refractivity contribution is 8.00. The van der Waals surface area contributed by atoms with Gasteiger partial charge in [-0.15, -0.1) is 11.3 Å².